The van der Waals surface area contributed by atoms with Gasteiger partial charge in [-0.2, -0.15) is 0 Å². The van der Waals surface area contributed by atoms with Crippen LogP contribution in [0.5, 0.6) is 0 Å². The summed E-state index contributed by atoms with van der Waals surface area (Å²) >= 11 is 5.99. The van der Waals surface area contributed by atoms with Crippen molar-refractivity contribution in [1.82, 2.24) is 5.32 Å². The zero-order valence-electron chi connectivity index (χ0n) is 9.03. The Kier molecular flexibility index (Phi) is 4.73. The van der Waals surface area contributed by atoms with E-state index in [0.29, 0.717) is 17.1 Å². The Hall–Kier alpha value is -1.10. The van der Waals surface area contributed by atoms with Gasteiger partial charge in [0, 0.05) is 23.2 Å². The summed E-state index contributed by atoms with van der Waals surface area (Å²) in [5.74, 6) is -0.495. The van der Waals surface area contributed by atoms with Crippen LogP contribution in [0.15, 0.2) is 18.2 Å². The Labute approximate surface area is 99.4 Å². The van der Waals surface area contributed by atoms with Crippen LogP contribution in [-0.2, 0) is 6.54 Å². The summed E-state index contributed by atoms with van der Waals surface area (Å²) in [5.41, 5.74) is 6.39. The van der Waals surface area contributed by atoms with Crippen LogP contribution in [0.4, 0.5) is 0 Å². The van der Waals surface area contributed by atoms with Gasteiger partial charge in [0.1, 0.15) is 0 Å². The van der Waals surface area contributed by atoms with Gasteiger partial charge >= 0.3 is 0 Å². The third kappa shape index (κ3) is 3.48. The fraction of sp³-hybridized carbons (Fsp3) is 0.364. The summed E-state index contributed by atoms with van der Waals surface area (Å²) < 4.78 is 0. The lowest BCUT2D eigenvalue weighted by molar-refractivity contribution is 0.100. The van der Waals surface area contributed by atoms with Crippen LogP contribution in [0, 0.1) is 0 Å². The molecule has 0 fully saturated rings. The monoisotopic (exact) mass is 242 g/mol. The molecule has 0 aliphatic carbocycles. The molecule has 0 aliphatic heterocycles. The summed E-state index contributed by atoms with van der Waals surface area (Å²) in [6, 6.07) is 4.94. The maximum absolute atomic E-state index is 10.9. The van der Waals surface area contributed by atoms with Crippen LogP contribution < -0.4 is 11.1 Å². The quantitative estimate of drug-likeness (QED) is 0.719. The van der Waals surface area contributed by atoms with Crippen molar-refractivity contribution in [3.05, 3.63) is 34.3 Å². The van der Waals surface area contributed by atoms with E-state index in [1.54, 1.807) is 18.2 Å². The number of rotatable bonds is 5. The van der Waals surface area contributed by atoms with Gasteiger partial charge in [-0.25, -0.2) is 0 Å². The van der Waals surface area contributed by atoms with E-state index in [0.717, 1.165) is 5.56 Å². The number of nitrogens with one attached hydrogen (secondary N) is 1. The number of benzene rings is 1. The van der Waals surface area contributed by atoms with Crippen LogP contribution >= 0.6 is 11.6 Å². The summed E-state index contributed by atoms with van der Waals surface area (Å²) in [4.78, 5) is 10.9. The van der Waals surface area contributed by atoms with Gasteiger partial charge < -0.3 is 16.2 Å². The average Bonchev–Trinajstić information content (AvgIpc) is 2.26. The summed E-state index contributed by atoms with van der Waals surface area (Å²) in [7, 11) is 0. The maximum Gasteiger partial charge on any atom is 0.248 e. The molecule has 0 heterocycles. The standard InChI is InChI=1S/C11H15ClN2O2/c1-7(6-15)14-5-9-3-2-8(11(13)16)4-10(9)12/h2-4,7,14-15H,5-6H2,1H3,(H2,13,16). The second-order valence-corrected chi connectivity index (χ2v) is 4.04. The number of hydrogen-bond donors (Lipinski definition) is 3. The van der Waals surface area contributed by atoms with E-state index in [2.05, 4.69) is 5.32 Å². The molecule has 1 amide bonds. The number of aliphatic hydroxyl groups is 1. The molecule has 0 saturated heterocycles. The molecule has 1 aromatic rings. The van der Waals surface area contributed by atoms with Gasteiger partial charge in [0.25, 0.3) is 0 Å². The molecule has 0 radical (unpaired) electrons. The molecule has 0 saturated carbocycles. The number of aliphatic hydroxyl groups excluding tert-OH is 1. The van der Waals surface area contributed by atoms with Crippen molar-refractivity contribution < 1.29 is 9.90 Å². The summed E-state index contributed by atoms with van der Waals surface area (Å²) in [6.45, 7) is 2.47. The number of carbonyl (C=O) groups excluding carboxylic acids is 1. The lowest BCUT2D eigenvalue weighted by Crippen LogP contribution is -2.28. The highest BCUT2D eigenvalue weighted by Crippen LogP contribution is 2.17. The van der Waals surface area contributed by atoms with Gasteiger partial charge in [-0.15, -0.1) is 0 Å². The van der Waals surface area contributed by atoms with E-state index in [9.17, 15) is 4.79 Å². The topological polar surface area (TPSA) is 75.3 Å². The fourth-order valence-corrected chi connectivity index (χ4v) is 1.44. The first-order chi connectivity index (χ1) is 7.54. The van der Waals surface area contributed by atoms with Crippen LogP contribution in [0.3, 0.4) is 0 Å². The molecule has 1 aromatic carbocycles. The number of hydrogen-bond acceptors (Lipinski definition) is 3. The summed E-state index contributed by atoms with van der Waals surface area (Å²) in [5, 5.41) is 12.4. The van der Waals surface area contributed by atoms with Crippen LogP contribution in [0.25, 0.3) is 0 Å². The Morgan fingerprint density at radius 3 is 2.81 bits per heavy atom. The lowest BCUT2D eigenvalue weighted by atomic mass is 10.1. The molecule has 4 N–H and O–H groups in total. The van der Waals surface area contributed by atoms with Crippen molar-refractivity contribution >= 4 is 17.5 Å². The first-order valence-corrected chi connectivity index (χ1v) is 5.35. The number of halogens is 1. The molecule has 16 heavy (non-hydrogen) atoms. The van der Waals surface area contributed by atoms with E-state index in [4.69, 9.17) is 22.4 Å². The molecule has 1 rings (SSSR count). The van der Waals surface area contributed by atoms with Crippen molar-refractivity contribution in [2.45, 2.75) is 19.5 Å². The van der Waals surface area contributed by atoms with Crippen molar-refractivity contribution in [1.29, 1.82) is 0 Å². The second kappa shape index (κ2) is 5.84. The summed E-state index contributed by atoms with van der Waals surface area (Å²) in [6.07, 6.45) is 0. The van der Waals surface area contributed by atoms with Gasteiger partial charge in [-0.05, 0) is 24.6 Å². The number of nitrogens with two attached hydrogens (primary N) is 1. The molecule has 0 spiro atoms. The van der Waals surface area contributed by atoms with Crippen LogP contribution in [-0.4, -0.2) is 23.7 Å². The minimum absolute atomic E-state index is 0.00637. The molecular weight excluding hydrogens is 228 g/mol. The van der Waals surface area contributed by atoms with Crippen molar-refractivity contribution in [2.75, 3.05) is 6.61 Å². The Bertz CT molecular complexity index is 382. The van der Waals surface area contributed by atoms with Crippen molar-refractivity contribution in [3.63, 3.8) is 0 Å². The Morgan fingerprint density at radius 1 is 1.62 bits per heavy atom. The van der Waals surface area contributed by atoms with Gasteiger partial charge in [-0.3, -0.25) is 4.79 Å². The Morgan fingerprint density at radius 2 is 2.31 bits per heavy atom. The Balaban J connectivity index is 2.72. The third-order valence-corrected chi connectivity index (χ3v) is 2.60. The first kappa shape index (κ1) is 13.0. The molecule has 1 atom stereocenters. The highest BCUT2D eigenvalue weighted by molar-refractivity contribution is 6.31. The van der Waals surface area contributed by atoms with Gasteiger partial charge in [0.15, 0.2) is 0 Å². The number of carbonyl (C=O) groups is 1. The molecule has 0 aliphatic rings. The molecular formula is C11H15ClN2O2. The minimum atomic E-state index is -0.495. The van der Waals surface area contributed by atoms with Gasteiger partial charge in [0.2, 0.25) is 5.91 Å². The van der Waals surface area contributed by atoms with Crippen LogP contribution in [0.2, 0.25) is 5.02 Å². The van der Waals surface area contributed by atoms with E-state index < -0.39 is 5.91 Å². The van der Waals surface area contributed by atoms with Gasteiger partial charge in [-0.1, -0.05) is 17.7 Å². The fourth-order valence-electron chi connectivity index (χ4n) is 1.19. The van der Waals surface area contributed by atoms with Gasteiger partial charge in [0.05, 0.1) is 6.61 Å². The second-order valence-electron chi connectivity index (χ2n) is 3.63. The largest absolute Gasteiger partial charge is 0.395 e. The lowest BCUT2D eigenvalue weighted by Gasteiger charge is -2.11. The zero-order valence-corrected chi connectivity index (χ0v) is 9.79. The van der Waals surface area contributed by atoms with E-state index in [1.807, 2.05) is 6.92 Å². The maximum atomic E-state index is 10.9. The number of primary amides is 1. The van der Waals surface area contributed by atoms with E-state index in [-0.39, 0.29) is 12.6 Å². The molecule has 1 unspecified atom stereocenters. The third-order valence-electron chi connectivity index (χ3n) is 2.25. The zero-order chi connectivity index (χ0) is 12.1. The van der Waals surface area contributed by atoms with Crippen molar-refractivity contribution in [3.8, 4) is 0 Å². The first-order valence-electron chi connectivity index (χ1n) is 4.97. The van der Waals surface area contributed by atoms with Crippen LogP contribution in [0.1, 0.15) is 22.8 Å². The normalized spacial score (nSPS) is 12.4. The van der Waals surface area contributed by atoms with E-state index in [1.165, 1.54) is 0 Å². The molecule has 88 valence electrons. The highest BCUT2D eigenvalue weighted by Gasteiger charge is 2.06. The SMILES string of the molecule is CC(CO)NCc1ccc(C(N)=O)cc1Cl. The minimum Gasteiger partial charge on any atom is -0.395 e. The molecule has 0 bridgehead atoms. The molecule has 0 aromatic heterocycles. The van der Waals surface area contributed by atoms with Crippen molar-refractivity contribution in [2.24, 2.45) is 5.73 Å². The average molecular weight is 243 g/mol. The molecule has 5 heteroatoms. The van der Waals surface area contributed by atoms with E-state index >= 15 is 0 Å². The predicted octanol–water partition coefficient (Wildman–Crippen LogP) is 0.909. The highest BCUT2D eigenvalue weighted by atomic mass is 35.5. The smallest absolute Gasteiger partial charge is 0.248 e. The number of amides is 1. The molecule has 4 nitrogen and oxygen atoms in total. The predicted molar refractivity (Wildman–Crippen MR) is 63.4 cm³/mol.